The van der Waals surface area contributed by atoms with Gasteiger partial charge in [-0.25, -0.2) is 4.39 Å². The quantitative estimate of drug-likeness (QED) is 0.485. The van der Waals surface area contributed by atoms with Gasteiger partial charge in [0.1, 0.15) is 24.7 Å². The third-order valence-corrected chi connectivity index (χ3v) is 5.42. The van der Waals surface area contributed by atoms with Crippen LogP contribution in [-0.4, -0.2) is 35.1 Å². The van der Waals surface area contributed by atoms with Gasteiger partial charge in [0.15, 0.2) is 0 Å². The molecular weight excluding hydrogens is 475 g/mol. The van der Waals surface area contributed by atoms with E-state index in [-0.39, 0.29) is 17.2 Å². The molecule has 0 bridgehead atoms. The van der Waals surface area contributed by atoms with E-state index in [0.717, 1.165) is 16.7 Å². The fourth-order valence-corrected chi connectivity index (χ4v) is 3.88. The summed E-state index contributed by atoms with van der Waals surface area (Å²) in [5.74, 6) is 1.02. The van der Waals surface area contributed by atoms with Crippen LogP contribution < -0.4 is 10.1 Å². The van der Waals surface area contributed by atoms with E-state index in [9.17, 15) is 18.8 Å². The smallest absolute Gasteiger partial charge is 0.294 e. The van der Waals surface area contributed by atoms with Gasteiger partial charge in [0.25, 0.3) is 11.1 Å². The lowest BCUT2D eigenvalue weighted by Gasteiger charge is -2.12. The first-order chi connectivity index (χ1) is 14.4. The lowest BCUT2D eigenvalue weighted by atomic mass is 10.2. The Morgan fingerprint density at radius 3 is 2.77 bits per heavy atom. The zero-order chi connectivity index (χ0) is 21.7. The van der Waals surface area contributed by atoms with Crippen molar-refractivity contribution in [1.29, 1.82) is 0 Å². The minimum atomic E-state index is -0.679. The summed E-state index contributed by atoms with van der Waals surface area (Å²) in [7, 11) is 0. The number of nitrogens with zero attached hydrogens (tertiary/aromatic N) is 1. The van der Waals surface area contributed by atoms with Gasteiger partial charge in [0.05, 0.1) is 15.1 Å². The van der Waals surface area contributed by atoms with Crippen LogP contribution in [0.3, 0.4) is 0 Å². The molecule has 1 aliphatic heterocycles. The van der Waals surface area contributed by atoms with Crippen molar-refractivity contribution in [1.82, 2.24) is 4.90 Å². The highest BCUT2D eigenvalue weighted by atomic mass is 79.9. The molecule has 1 aliphatic rings. The largest absolute Gasteiger partial charge is 0.480 e. The highest BCUT2D eigenvalue weighted by molar-refractivity contribution is 9.10. The average Bonchev–Trinajstić information content (AvgIpc) is 2.96. The van der Waals surface area contributed by atoms with Crippen LogP contribution in [0.1, 0.15) is 5.56 Å². The van der Waals surface area contributed by atoms with Gasteiger partial charge in [-0.3, -0.25) is 19.3 Å². The fourth-order valence-electron chi connectivity index (χ4n) is 2.53. The lowest BCUT2D eigenvalue weighted by molar-refractivity contribution is -0.127. The predicted molar refractivity (Wildman–Crippen MR) is 116 cm³/mol. The van der Waals surface area contributed by atoms with E-state index in [1.165, 1.54) is 24.3 Å². The molecule has 9 heteroatoms. The van der Waals surface area contributed by atoms with Gasteiger partial charge in [-0.1, -0.05) is 24.1 Å². The molecule has 0 saturated carbocycles. The van der Waals surface area contributed by atoms with Crippen molar-refractivity contribution >= 4 is 56.5 Å². The fraction of sp³-hybridized carbons (Fsp3) is 0.0952. The predicted octanol–water partition coefficient (Wildman–Crippen LogP) is 4.28. The number of carbonyl (C=O) groups excluding carboxylic acids is 3. The zero-order valence-corrected chi connectivity index (χ0v) is 17.8. The van der Waals surface area contributed by atoms with Crippen molar-refractivity contribution in [2.45, 2.75) is 0 Å². The Hall–Kier alpha value is -3.09. The summed E-state index contributed by atoms with van der Waals surface area (Å²) in [5.41, 5.74) is 0.623. The highest BCUT2D eigenvalue weighted by Crippen LogP contribution is 2.33. The standard InChI is InChI=1S/C21H14BrFN2O4S/c1-2-9-29-17-8-7-13(10-14(17)22)11-18-20(27)25(21(28)30-18)12-19(26)24-16-6-4-3-5-15(16)23/h1,3-8,10-11H,9,12H2,(H,24,26)/b18-11-. The number of amides is 3. The van der Waals surface area contributed by atoms with Gasteiger partial charge in [0.2, 0.25) is 5.91 Å². The average molecular weight is 489 g/mol. The minimum Gasteiger partial charge on any atom is -0.480 e. The molecule has 2 aromatic rings. The van der Waals surface area contributed by atoms with E-state index in [1.807, 2.05) is 0 Å². The second-order valence-electron chi connectivity index (χ2n) is 5.98. The summed E-state index contributed by atoms with van der Waals surface area (Å²) in [5, 5.41) is 1.77. The topological polar surface area (TPSA) is 75.7 Å². The second kappa shape index (κ2) is 9.61. The number of imide groups is 1. The summed E-state index contributed by atoms with van der Waals surface area (Å²) in [6, 6.07) is 10.7. The normalized spacial score (nSPS) is 14.7. The number of hydrogen-bond donors (Lipinski definition) is 1. The van der Waals surface area contributed by atoms with Crippen LogP contribution in [0.4, 0.5) is 14.9 Å². The van der Waals surface area contributed by atoms with Crippen molar-refractivity contribution in [3.8, 4) is 18.1 Å². The number of carbonyl (C=O) groups is 3. The van der Waals surface area contributed by atoms with Gasteiger partial charge in [-0.15, -0.1) is 6.42 Å². The zero-order valence-electron chi connectivity index (χ0n) is 15.4. The van der Waals surface area contributed by atoms with Crippen molar-refractivity contribution < 1.29 is 23.5 Å². The maximum Gasteiger partial charge on any atom is 0.294 e. The molecular formula is C21H14BrFN2O4S. The number of halogens is 2. The number of benzene rings is 2. The van der Waals surface area contributed by atoms with E-state index in [0.29, 0.717) is 15.8 Å². The Labute approximate surface area is 184 Å². The molecule has 1 N–H and O–H groups in total. The SMILES string of the molecule is C#CCOc1ccc(/C=C2\SC(=O)N(CC(=O)Nc3ccccc3F)C2=O)cc1Br. The first-order valence-electron chi connectivity index (χ1n) is 8.54. The maximum atomic E-state index is 13.7. The monoisotopic (exact) mass is 488 g/mol. The first-order valence-corrected chi connectivity index (χ1v) is 10.2. The molecule has 30 heavy (non-hydrogen) atoms. The van der Waals surface area contributed by atoms with Crippen LogP contribution in [-0.2, 0) is 9.59 Å². The number of ether oxygens (including phenoxy) is 1. The summed E-state index contributed by atoms with van der Waals surface area (Å²) >= 11 is 4.08. The van der Waals surface area contributed by atoms with Gasteiger partial charge in [-0.05, 0) is 63.6 Å². The molecule has 6 nitrogen and oxygen atoms in total. The molecule has 3 rings (SSSR count). The second-order valence-corrected chi connectivity index (χ2v) is 7.83. The molecule has 0 aromatic heterocycles. The Morgan fingerprint density at radius 1 is 1.30 bits per heavy atom. The molecule has 0 aliphatic carbocycles. The number of terminal acetylenes is 1. The molecule has 0 unspecified atom stereocenters. The number of hydrogen-bond acceptors (Lipinski definition) is 5. The molecule has 0 atom stereocenters. The van der Waals surface area contributed by atoms with Crippen molar-refractivity contribution in [2.24, 2.45) is 0 Å². The van der Waals surface area contributed by atoms with Crippen LogP contribution in [0, 0.1) is 18.2 Å². The number of para-hydroxylation sites is 1. The Morgan fingerprint density at radius 2 is 2.07 bits per heavy atom. The van der Waals surface area contributed by atoms with Crippen molar-refractivity contribution in [3.05, 3.63) is 63.2 Å². The molecule has 1 heterocycles. The van der Waals surface area contributed by atoms with Crippen LogP contribution in [0.5, 0.6) is 5.75 Å². The Bertz CT molecular complexity index is 1100. The van der Waals surface area contributed by atoms with Crippen LogP contribution in [0.15, 0.2) is 51.8 Å². The summed E-state index contributed by atoms with van der Waals surface area (Å²) in [6.07, 6.45) is 6.70. The molecule has 1 saturated heterocycles. The molecule has 152 valence electrons. The van der Waals surface area contributed by atoms with Crippen molar-refractivity contribution in [2.75, 3.05) is 18.5 Å². The van der Waals surface area contributed by atoms with E-state index in [1.54, 1.807) is 24.3 Å². The number of thioether (sulfide) groups is 1. The Balaban J connectivity index is 1.70. The van der Waals surface area contributed by atoms with Crippen LogP contribution in [0.25, 0.3) is 6.08 Å². The number of anilines is 1. The van der Waals surface area contributed by atoms with Gasteiger partial charge in [-0.2, -0.15) is 0 Å². The molecule has 0 spiro atoms. The van der Waals surface area contributed by atoms with Crippen LogP contribution in [0.2, 0.25) is 0 Å². The summed E-state index contributed by atoms with van der Waals surface area (Å²) in [4.78, 5) is 37.9. The molecule has 1 fully saturated rings. The summed E-state index contributed by atoms with van der Waals surface area (Å²) < 4.78 is 19.6. The van der Waals surface area contributed by atoms with Crippen LogP contribution >= 0.6 is 27.7 Å². The van der Waals surface area contributed by atoms with Gasteiger partial charge >= 0.3 is 0 Å². The van der Waals surface area contributed by atoms with E-state index in [4.69, 9.17) is 11.2 Å². The van der Waals surface area contributed by atoms with E-state index >= 15 is 0 Å². The van der Waals surface area contributed by atoms with E-state index in [2.05, 4.69) is 27.2 Å². The van der Waals surface area contributed by atoms with E-state index < -0.39 is 29.4 Å². The van der Waals surface area contributed by atoms with Gasteiger partial charge in [0, 0.05) is 0 Å². The molecule has 3 amide bonds. The number of nitrogens with one attached hydrogen (secondary N) is 1. The third kappa shape index (κ3) is 5.09. The highest BCUT2D eigenvalue weighted by Gasteiger charge is 2.36. The first kappa shape index (κ1) is 21.6. The minimum absolute atomic E-state index is 0.0259. The Kier molecular flexibility index (Phi) is 6.92. The lowest BCUT2D eigenvalue weighted by Crippen LogP contribution is -2.36. The van der Waals surface area contributed by atoms with Crippen molar-refractivity contribution in [3.63, 3.8) is 0 Å². The maximum absolute atomic E-state index is 13.7. The summed E-state index contributed by atoms with van der Waals surface area (Å²) in [6.45, 7) is -0.398. The number of rotatable bonds is 6. The molecule has 0 radical (unpaired) electrons. The third-order valence-electron chi connectivity index (χ3n) is 3.89. The molecule has 2 aromatic carbocycles. The van der Waals surface area contributed by atoms with Gasteiger partial charge < -0.3 is 10.1 Å².